The summed E-state index contributed by atoms with van der Waals surface area (Å²) >= 11 is 3.48. The number of methoxy groups -OCH3 is 2. The fraction of sp³-hybridized carbons (Fsp3) is 0.316. The van der Waals surface area contributed by atoms with Gasteiger partial charge in [0.05, 0.1) is 26.8 Å². The smallest absolute Gasteiger partial charge is 0.261 e. The molecule has 0 N–H and O–H groups in total. The zero-order valence-corrected chi connectivity index (χ0v) is 16.0. The standard InChI is InChI=1S/C19H20BrNO4/c1-12(13-4-6-17(23-2)18(9-13)24-3)21-10-14-8-15(20)5-7-16(14)25-11-19(21)22/h4-9,12H,10-11H2,1-3H3/t12-/m1/s1. The summed E-state index contributed by atoms with van der Waals surface area (Å²) in [6, 6.07) is 11.4. The highest BCUT2D eigenvalue weighted by molar-refractivity contribution is 9.10. The minimum atomic E-state index is -0.124. The fourth-order valence-corrected chi connectivity index (χ4v) is 3.36. The maximum atomic E-state index is 12.6. The second-order valence-corrected chi connectivity index (χ2v) is 6.77. The molecule has 1 aliphatic heterocycles. The van der Waals surface area contributed by atoms with Gasteiger partial charge in [-0.25, -0.2) is 0 Å². The van der Waals surface area contributed by atoms with Crippen LogP contribution < -0.4 is 14.2 Å². The summed E-state index contributed by atoms with van der Waals surface area (Å²) in [5.41, 5.74) is 1.96. The van der Waals surface area contributed by atoms with E-state index >= 15 is 0 Å². The highest BCUT2D eigenvalue weighted by Gasteiger charge is 2.27. The SMILES string of the molecule is COc1ccc([C@@H](C)N2Cc3cc(Br)ccc3OCC2=O)cc1OC. The van der Waals surface area contributed by atoms with Gasteiger partial charge in [-0.15, -0.1) is 0 Å². The van der Waals surface area contributed by atoms with E-state index in [0.717, 1.165) is 21.3 Å². The van der Waals surface area contributed by atoms with Crippen LogP contribution in [0.5, 0.6) is 17.2 Å². The lowest BCUT2D eigenvalue weighted by molar-refractivity contribution is -0.135. The molecule has 0 fully saturated rings. The molecule has 0 unspecified atom stereocenters. The lowest BCUT2D eigenvalue weighted by Gasteiger charge is -2.28. The number of nitrogens with zero attached hydrogens (tertiary/aromatic N) is 1. The molecule has 3 rings (SSSR count). The first-order valence-electron chi connectivity index (χ1n) is 7.96. The summed E-state index contributed by atoms with van der Waals surface area (Å²) in [6.07, 6.45) is 0. The predicted octanol–water partition coefficient (Wildman–Crippen LogP) is 3.95. The van der Waals surface area contributed by atoms with Crippen LogP contribution in [-0.2, 0) is 11.3 Å². The molecule has 1 heterocycles. The molecule has 132 valence electrons. The largest absolute Gasteiger partial charge is 0.493 e. The Hall–Kier alpha value is -2.21. The molecule has 1 atom stereocenters. The third-order valence-corrected chi connectivity index (χ3v) is 4.89. The van der Waals surface area contributed by atoms with Crippen molar-refractivity contribution in [2.24, 2.45) is 0 Å². The van der Waals surface area contributed by atoms with Crippen molar-refractivity contribution in [3.63, 3.8) is 0 Å². The first-order chi connectivity index (χ1) is 12.0. The predicted molar refractivity (Wildman–Crippen MR) is 98.1 cm³/mol. The summed E-state index contributed by atoms with van der Waals surface area (Å²) in [4.78, 5) is 14.4. The Balaban J connectivity index is 1.92. The summed E-state index contributed by atoms with van der Waals surface area (Å²) < 4.78 is 17.3. The Labute approximate surface area is 155 Å². The Morgan fingerprint density at radius 1 is 1.12 bits per heavy atom. The van der Waals surface area contributed by atoms with E-state index in [1.165, 1.54) is 0 Å². The monoisotopic (exact) mass is 405 g/mol. The van der Waals surface area contributed by atoms with Crippen LogP contribution in [0.1, 0.15) is 24.1 Å². The summed E-state index contributed by atoms with van der Waals surface area (Å²) in [5, 5.41) is 0. The van der Waals surface area contributed by atoms with Gasteiger partial charge in [-0.3, -0.25) is 4.79 Å². The number of benzene rings is 2. The molecule has 0 saturated heterocycles. The average Bonchev–Trinajstić information content (AvgIpc) is 2.79. The lowest BCUT2D eigenvalue weighted by atomic mass is 10.0. The van der Waals surface area contributed by atoms with Crippen molar-refractivity contribution in [3.8, 4) is 17.2 Å². The third-order valence-electron chi connectivity index (χ3n) is 4.39. The Morgan fingerprint density at radius 2 is 1.88 bits per heavy atom. The summed E-state index contributed by atoms with van der Waals surface area (Å²) in [7, 11) is 3.20. The number of ether oxygens (including phenoxy) is 3. The van der Waals surface area contributed by atoms with Gasteiger partial charge in [0, 0.05) is 10.0 Å². The number of carbonyl (C=O) groups is 1. The number of fused-ring (bicyclic) bond motifs is 1. The van der Waals surface area contributed by atoms with Crippen molar-refractivity contribution in [2.45, 2.75) is 19.5 Å². The normalized spacial score (nSPS) is 15.0. The van der Waals surface area contributed by atoms with Crippen molar-refractivity contribution in [3.05, 3.63) is 52.0 Å². The number of carbonyl (C=O) groups excluding carboxylic acids is 1. The van der Waals surface area contributed by atoms with Gasteiger partial charge in [0.25, 0.3) is 5.91 Å². The minimum absolute atomic E-state index is 0.0340. The number of hydrogen-bond donors (Lipinski definition) is 0. The quantitative estimate of drug-likeness (QED) is 0.772. The van der Waals surface area contributed by atoms with E-state index in [-0.39, 0.29) is 18.6 Å². The van der Waals surface area contributed by atoms with Gasteiger partial charge in [-0.2, -0.15) is 0 Å². The maximum absolute atomic E-state index is 12.6. The highest BCUT2D eigenvalue weighted by Crippen LogP contribution is 2.34. The van der Waals surface area contributed by atoms with Crippen LogP contribution in [0.2, 0.25) is 0 Å². The lowest BCUT2D eigenvalue weighted by Crippen LogP contribution is -2.34. The van der Waals surface area contributed by atoms with Gasteiger partial charge in [0.2, 0.25) is 0 Å². The van der Waals surface area contributed by atoms with Gasteiger partial charge in [0.1, 0.15) is 5.75 Å². The molecule has 0 aliphatic carbocycles. The first kappa shape index (κ1) is 17.6. The third kappa shape index (κ3) is 3.58. The maximum Gasteiger partial charge on any atom is 0.261 e. The molecule has 0 saturated carbocycles. The molecule has 1 aliphatic rings. The van der Waals surface area contributed by atoms with E-state index in [1.54, 1.807) is 14.2 Å². The number of rotatable bonds is 4. The molecule has 2 aromatic rings. The molecule has 5 nitrogen and oxygen atoms in total. The zero-order valence-electron chi connectivity index (χ0n) is 14.4. The van der Waals surface area contributed by atoms with Crippen LogP contribution in [0.15, 0.2) is 40.9 Å². The second kappa shape index (κ2) is 7.35. The van der Waals surface area contributed by atoms with Crippen molar-refractivity contribution in [2.75, 3.05) is 20.8 Å². The van der Waals surface area contributed by atoms with E-state index in [4.69, 9.17) is 14.2 Å². The van der Waals surface area contributed by atoms with E-state index in [2.05, 4.69) is 15.9 Å². The molecular formula is C19H20BrNO4. The van der Waals surface area contributed by atoms with Crippen LogP contribution in [-0.4, -0.2) is 31.6 Å². The van der Waals surface area contributed by atoms with Gasteiger partial charge in [-0.05, 0) is 42.8 Å². The van der Waals surface area contributed by atoms with Crippen LogP contribution in [0.3, 0.4) is 0 Å². The molecule has 25 heavy (non-hydrogen) atoms. The molecular weight excluding hydrogens is 386 g/mol. The minimum Gasteiger partial charge on any atom is -0.493 e. The molecule has 0 spiro atoms. The molecule has 1 amide bonds. The summed E-state index contributed by atoms with van der Waals surface area (Å²) in [6.45, 7) is 2.53. The molecule has 6 heteroatoms. The number of amides is 1. The van der Waals surface area contributed by atoms with Gasteiger partial charge < -0.3 is 19.1 Å². The number of halogens is 1. The highest BCUT2D eigenvalue weighted by atomic mass is 79.9. The van der Waals surface area contributed by atoms with Gasteiger partial charge in [-0.1, -0.05) is 22.0 Å². The molecule has 2 aromatic carbocycles. The topological polar surface area (TPSA) is 48.0 Å². The first-order valence-corrected chi connectivity index (χ1v) is 8.75. The second-order valence-electron chi connectivity index (χ2n) is 5.85. The van der Waals surface area contributed by atoms with E-state index in [1.807, 2.05) is 48.2 Å². The van der Waals surface area contributed by atoms with Crippen LogP contribution in [0.25, 0.3) is 0 Å². The zero-order chi connectivity index (χ0) is 18.0. The molecule has 0 aromatic heterocycles. The van der Waals surface area contributed by atoms with Crippen molar-refractivity contribution >= 4 is 21.8 Å². The van der Waals surface area contributed by atoms with Crippen LogP contribution in [0.4, 0.5) is 0 Å². The average molecular weight is 406 g/mol. The summed E-state index contributed by atoms with van der Waals surface area (Å²) in [5.74, 6) is 2.01. The van der Waals surface area contributed by atoms with E-state index in [0.29, 0.717) is 18.0 Å². The Morgan fingerprint density at radius 3 is 2.60 bits per heavy atom. The van der Waals surface area contributed by atoms with Gasteiger partial charge >= 0.3 is 0 Å². The van der Waals surface area contributed by atoms with Gasteiger partial charge in [0.15, 0.2) is 18.1 Å². The van der Waals surface area contributed by atoms with E-state index < -0.39 is 0 Å². The van der Waals surface area contributed by atoms with Crippen molar-refractivity contribution in [1.29, 1.82) is 0 Å². The van der Waals surface area contributed by atoms with Crippen LogP contribution >= 0.6 is 15.9 Å². The molecule has 0 bridgehead atoms. The van der Waals surface area contributed by atoms with Crippen LogP contribution in [0, 0.1) is 0 Å². The Bertz CT molecular complexity index is 793. The fourth-order valence-electron chi connectivity index (χ4n) is 2.95. The van der Waals surface area contributed by atoms with Crippen molar-refractivity contribution in [1.82, 2.24) is 4.90 Å². The number of hydrogen-bond acceptors (Lipinski definition) is 4. The van der Waals surface area contributed by atoms with E-state index in [9.17, 15) is 4.79 Å². The van der Waals surface area contributed by atoms with Crippen molar-refractivity contribution < 1.29 is 19.0 Å². The Kier molecular flexibility index (Phi) is 5.18. The molecule has 0 radical (unpaired) electrons.